The van der Waals surface area contributed by atoms with E-state index in [0.717, 1.165) is 45.8 Å². The van der Waals surface area contributed by atoms with Crippen LogP contribution in [-0.4, -0.2) is 21.0 Å². The van der Waals surface area contributed by atoms with Crippen LogP contribution in [0.25, 0.3) is 11.1 Å². The summed E-state index contributed by atoms with van der Waals surface area (Å²) in [5.41, 5.74) is 5.12. The molecular weight excluding hydrogens is 545 g/mol. The summed E-state index contributed by atoms with van der Waals surface area (Å²) in [6.07, 6.45) is 0. The molecule has 0 N–H and O–H groups in total. The predicted molar refractivity (Wildman–Crippen MR) is 166 cm³/mol. The van der Waals surface area contributed by atoms with E-state index in [4.69, 9.17) is 18.7 Å². The van der Waals surface area contributed by atoms with E-state index in [1.807, 2.05) is 97.1 Å². The maximum absolute atomic E-state index is 15.5. The van der Waals surface area contributed by atoms with Crippen LogP contribution in [0.15, 0.2) is 115 Å². The van der Waals surface area contributed by atoms with Gasteiger partial charge in [-0.05, 0) is 59.2 Å². The summed E-state index contributed by atoms with van der Waals surface area (Å²) in [7, 11) is -0.356. The van der Waals surface area contributed by atoms with Gasteiger partial charge in [-0.3, -0.25) is 4.57 Å². The molecule has 2 aliphatic heterocycles. The van der Waals surface area contributed by atoms with Crippen molar-refractivity contribution in [3.8, 4) is 34.1 Å². The Labute approximate surface area is 245 Å². The molecule has 5 aromatic carbocycles. The van der Waals surface area contributed by atoms with Gasteiger partial charge < -0.3 is 23.6 Å². The molecule has 6 nitrogen and oxygen atoms in total. The second-order valence-corrected chi connectivity index (χ2v) is 12.8. The Balaban J connectivity index is 1.35. The molecule has 5 aromatic rings. The van der Waals surface area contributed by atoms with Gasteiger partial charge in [0.05, 0.1) is 19.5 Å². The third-order valence-corrected chi connectivity index (χ3v) is 10.8. The van der Waals surface area contributed by atoms with Crippen LogP contribution in [0.1, 0.15) is 22.3 Å². The van der Waals surface area contributed by atoms with E-state index < -0.39 is 13.0 Å². The van der Waals surface area contributed by atoms with Crippen LogP contribution in [-0.2, 0) is 11.1 Å². The monoisotopic (exact) mass is 575 g/mol. The molecule has 210 valence electrons. The zero-order valence-corrected chi connectivity index (χ0v) is 24.3. The molecule has 2 heterocycles. The average molecular weight is 576 g/mol. The van der Waals surface area contributed by atoms with Crippen molar-refractivity contribution in [3.05, 3.63) is 132 Å². The van der Waals surface area contributed by atoms with Gasteiger partial charge in [0.1, 0.15) is 17.2 Å². The van der Waals surface area contributed by atoms with Crippen molar-refractivity contribution in [1.29, 1.82) is 0 Å². The van der Waals surface area contributed by atoms with E-state index in [1.165, 1.54) is 0 Å². The molecule has 42 heavy (non-hydrogen) atoms. The van der Waals surface area contributed by atoms with E-state index >= 15 is 4.57 Å². The number of hydrogen-bond acceptors (Lipinski definition) is 6. The summed E-state index contributed by atoms with van der Waals surface area (Å²) in [6.45, 7) is 1.21. The molecule has 2 unspecified atom stereocenters. The third kappa shape index (κ3) is 4.40. The maximum atomic E-state index is 15.5. The highest BCUT2D eigenvalue weighted by molar-refractivity contribution is 7.68. The van der Waals surface area contributed by atoms with E-state index in [1.54, 1.807) is 14.2 Å². The van der Waals surface area contributed by atoms with Gasteiger partial charge in [0.25, 0.3) is 7.37 Å². The van der Waals surface area contributed by atoms with Crippen molar-refractivity contribution in [1.82, 2.24) is 0 Å². The molecule has 0 saturated carbocycles. The highest BCUT2D eigenvalue weighted by Crippen LogP contribution is 2.66. The van der Waals surface area contributed by atoms with Gasteiger partial charge in [-0.1, -0.05) is 72.8 Å². The average Bonchev–Trinajstić information content (AvgIpc) is 3.05. The van der Waals surface area contributed by atoms with Crippen molar-refractivity contribution in [2.45, 2.75) is 12.2 Å². The van der Waals surface area contributed by atoms with Gasteiger partial charge >= 0.3 is 0 Å². The van der Waals surface area contributed by atoms with Crippen LogP contribution >= 0.6 is 7.37 Å². The van der Waals surface area contributed by atoms with Gasteiger partial charge in [-0.25, -0.2) is 0 Å². The number of nitrogens with zero attached hydrogens (tertiary/aromatic N) is 1. The Hall–Kier alpha value is -4.67. The minimum atomic E-state index is -3.57. The van der Waals surface area contributed by atoms with Gasteiger partial charge in [-0.15, -0.1) is 0 Å². The lowest BCUT2D eigenvalue weighted by atomic mass is 10.0. The number of ether oxygens (including phenoxy) is 3. The second kappa shape index (κ2) is 10.6. The van der Waals surface area contributed by atoms with E-state index in [0.29, 0.717) is 29.3 Å². The maximum Gasteiger partial charge on any atom is 0.289 e. The fraction of sp³-hybridized carbons (Fsp3) is 0.143. The first-order valence-electron chi connectivity index (χ1n) is 13.8. The Morgan fingerprint density at radius 2 is 1.38 bits per heavy atom. The summed E-state index contributed by atoms with van der Waals surface area (Å²) < 4.78 is 39.2. The van der Waals surface area contributed by atoms with Crippen molar-refractivity contribution < 1.29 is 23.3 Å². The topological polar surface area (TPSA) is 57.2 Å². The molecule has 7 rings (SSSR count). The lowest BCUT2D eigenvalue weighted by Gasteiger charge is -2.35. The van der Waals surface area contributed by atoms with Gasteiger partial charge in [0.15, 0.2) is 18.2 Å². The SMILES string of the molecule is COc1ccc(C(c2ccc(N3COc4ccccc4C3)cc2)P2(=O)Oc3ccccc3-c3ccccc32)cc1OC. The highest BCUT2D eigenvalue weighted by atomic mass is 31.2. The minimum absolute atomic E-state index is 0.460. The molecule has 0 spiro atoms. The molecule has 0 aliphatic carbocycles. The molecule has 0 saturated heterocycles. The summed E-state index contributed by atoms with van der Waals surface area (Å²) in [6, 6.07) is 37.7. The minimum Gasteiger partial charge on any atom is -0.493 e. The lowest BCUT2D eigenvalue weighted by Crippen LogP contribution is -2.31. The van der Waals surface area contributed by atoms with Gasteiger partial charge in [0.2, 0.25) is 0 Å². The first-order chi connectivity index (χ1) is 20.6. The quantitative estimate of drug-likeness (QED) is 0.193. The molecule has 0 radical (unpaired) electrons. The fourth-order valence-corrected chi connectivity index (χ4v) is 8.82. The van der Waals surface area contributed by atoms with E-state index in [9.17, 15) is 0 Å². The zero-order valence-electron chi connectivity index (χ0n) is 23.4. The van der Waals surface area contributed by atoms with Gasteiger partial charge in [-0.2, -0.15) is 0 Å². The van der Waals surface area contributed by atoms with E-state index in [-0.39, 0.29) is 0 Å². The number of rotatable bonds is 6. The number of anilines is 1. The summed E-state index contributed by atoms with van der Waals surface area (Å²) in [4.78, 5) is 2.18. The van der Waals surface area contributed by atoms with Crippen molar-refractivity contribution in [2.75, 3.05) is 25.9 Å². The first kappa shape index (κ1) is 26.2. The lowest BCUT2D eigenvalue weighted by molar-refractivity contribution is 0.289. The molecule has 2 atom stereocenters. The molecule has 0 amide bonds. The number of para-hydroxylation sites is 2. The molecule has 2 aliphatic rings. The van der Waals surface area contributed by atoms with E-state index in [2.05, 4.69) is 23.1 Å². The Kier molecular flexibility index (Phi) is 6.64. The van der Waals surface area contributed by atoms with Crippen LogP contribution in [0, 0.1) is 0 Å². The van der Waals surface area contributed by atoms with Crippen LogP contribution in [0.4, 0.5) is 5.69 Å². The summed E-state index contributed by atoms with van der Waals surface area (Å²) >= 11 is 0. The number of fused-ring (bicyclic) bond motifs is 4. The largest absolute Gasteiger partial charge is 0.493 e. The van der Waals surface area contributed by atoms with Gasteiger partial charge in [0, 0.05) is 23.4 Å². The standard InChI is InChI=1S/C35H30NO5P/c1-38-32-20-17-25(21-33(32)39-2)35(42(37)34-14-8-5-11-29(34)28-10-4-7-13-31(28)41-42)24-15-18-27(19-16-24)36-22-26-9-3-6-12-30(26)40-23-36/h3-21,35H,22-23H2,1-2H3. The van der Waals surface area contributed by atoms with Crippen molar-refractivity contribution in [2.24, 2.45) is 0 Å². The molecule has 0 bridgehead atoms. The normalized spacial score (nSPS) is 17.5. The Bertz CT molecular complexity index is 1820. The summed E-state index contributed by atoms with van der Waals surface area (Å²) in [5.74, 6) is 2.71. The zero-order chi connectivity index (χ0) is 28.7. The molecule has 0 aromatic heterocycles. The second-order valence-electron chi connectivity index (χ2n) is 10.4. The number of methoxy groups -OCH3 is 2. The van der Waals surface area contributed by atoms with Crippen molar-refractivity contribution >= 4 is 18.4 Å². The number of hydrogen-bond donors (Lipinski definition) is 0. The van der Waals surface area contributed by atoms with Crippen LogP contribution in [0.5, 0.6) is 23.0 Å². The third-order valence-electron chi connectivity index (χ3n) is 8.00. The molecule has 7 heteroatoms. The molecular formula is C35H30NO5P. The van der Waals surface area contributed by atoms with Crippen LogP contribution in [0.3, 0.4) is 0 Å². The predicted octanol–water partition coefficient (Wildman–Crippen LogP) is 7.81. The Morgan fingerprint density at radius 3 is 2.17 bits per heavy atom. The molecule has 0 fully saturated rings. The fourth-order valence-electron chi connectivity index (χ4n) is 5.94. The summed E-state index contributed by atoms with van der Waals surface area (Å²) in [5, 5.41) is 0.702. The first-order valence-corrected chi connectivity index (χ1v) is 15.5. The van der Waals surface area contributed by atoms with Crippen LogP contribution < -0.4 is 28.9 Å². The van der Waals surface area contributed by atoms with Crippen molar-refractivity contribution in [3.63, 3.8) is 0 Å². The smallest absolute Gasteiger partial charge is 0.289 e. The number of benzene rings is 5. The Morgan fingerprint density at radius 1 is 0.714 bits per heavy atom. The van der Waals surface area contributed by atoms with Crippen LogP contribution in [0.2, 0.25) is 0 Å². The highest BCUT2D eigenvalue weighted by Gasteiger charge is 2.45.